The van der Waals surface area contributed by atoms with Crippen molar-refractivity contribution in [1.82, 2.24) is 15.0 Å². The molecule has 0 saturated heterocycles. The summed E-state index contributed by atoms with van der Waals surface area (Å²) in [6, 6.07) is 5.03. The summed E-state index contributed by atoms with van der Waals surface area (Å²) in [7, 11) is 0. The molecule has 1 aliphatic carbocycles. The summed E-state index contributed by atoms with van der Waals surface area (Å²) in [5.74, 6) is -0.482. The van der Waals surface area contributed by atoms with Gasteiger partial charge in [0.15, 0.2) is 5.69 Å². The normalized spacial score (nSPS) is 14.0. The van der Waals surface area contributed by atoms with E-state index in [1.165, 1.54) is 12.6 Å². The summed E-state index contributed by atoms with van der Waals surface area (Å²) in [5, 5.41) is 19.1. The molecule has 0 atom stereocenters. The number of nitrogens with zero attached hydrogens (tertiary/aromatic N) is 3. The number of aromatic nitrogens is 3. The molecular formula is C16H17ClN4O4. The highest BCUT2D eigenvalue weighted by Gasteiger charge is 2.19. The molecule has 9 heteroatoms. The zero-order valence-electron chi connectivity index (χ0n) is 13.3. The predicted octanol–water partition coefficient (Wildman–Crippen LogP) is 2.45. The van der Waals surface area contributed by atoms with E-state index in [-0.39, 0.29) is 12.2 Å². The third-order valence-electron chi connectivity index (χ3n) is 3.98. The molecule has 2 N–H and O–H groups in total. The number of nitrogens with one attached hydrogen (secondary N) is 1. The smallest absolute Gasteiger partial charge is 0.358 e. The van der Waals surface area contributed by atoms with Gasteiger partial charge in [-0.3, -0.25) is 4.79 Å². The van der Waals surface area contributed by atoms with Crippen LogP contribution in [0.15, 0.2) is 24.4 Å². The van der Waals surface area contributed by atoms with E-state index >= 15 is 0 Å². The SMILES string of the molecule is O=C(Cn1cc(C(=O)O)nn1)Nc1cc(Cl)ccc1OCC1CCC1. The fourth-order valence-electron chi connectivity index (χ4n) is 2.40. The average Bonchev–Trinajstić information content (AvgIpc) is 2.96. The molecule has 0 aliphatic heterocycles. The van der Waals surface area contributed by atoms with E-state index in [2.05, 4.69) is 15.6 Å². The summed E-state index contributed by atoms with van der Waals surface area (Å²) < 4.78 is 6.95. The summed E-state index contributed by atoms with van der Waals surface area (Å²) >= 11 is 6.00. The molecule has 132 valence electrons. The number of benzene rings is 1. The third kappa shape index (κ3) is 4.48. The molecule has 0 unspecified atom stereocenters. The van der Waals surface area contributed by atoms with Crippen molar-refractivity contribution >= 4 is 29.2 Å². The van der Waals surface area contributed by atoms with Crippen LogP contribution in [0, 0.1) is 5.92 Å². The largest absolute Gasteiger partial charge is 0.491 e. The highest BCUT2D eigenvalue weighted by Crippen LogP contribution is 2.31. The van der Waals surface area contributed by atoms with Crippen molar-refractivity contribution in [3.05, 3.63) is 35.1 Å². The lowest BCUT2D eigenvalue weighted by atomic mass is 9.86. The number of hydrogen-bond acceptors (Lipinski definition) is 5. The van der Waals surface area contributed by atoms with Crippen LogP contribution in [0.2, 0.25) is 5.02 Å². The van der Waals surface area contributed by atoms with Crippen LogP contribution in [0.3, 0.4) is 0 Å². The highest BCUT2D eigenvalue weighted by molar-refractivity contribution is 6.31. The number of carboxylic acids is 1. The predicted molar refractivity (Wildman–Crippen MR) is 89.9 cm³/mol. The second-order valence-electron chi connectivity index (χ2n) is 5.90. The van der Waals surface area contributed by atoms with Gasteiger partial charge in [0.1, 0.15) is 12.3 Å². The summed E-state index contributed by atoms with van der Waals surface area (Å²) in [6.45, 7) is 0.435. The number of ether oxygens (including phenoxy) is 1. The Hall–Kier alpha value is -2.61. The molecule has 0 radical (unpaired) electrons. The standard InChI is InChI=1S/C16H17ClN4O4/c17-11-4-5-14(25-9-10-2-1-3-10)12(6-11)18-15(22)8-21-7-13(16(23)24)19-20-21/h4-7,10H,1-3,8-9H2,(H,18,22)(H,23,24). The molecule has 8 nitrogen and oxygen atoms in total. The molecule has 0 spiro atoms. The van der Waals surface area contributed by atoms with Crippen LogP contribution in [0.4, 0.5) is 5.69 Å². The Labute approximate surface area is 148 Å². The van der Waals surface area contributed by atoms with Crippen molar-refractivity contribution in [2.45, 2.75) is 25.8 Å². The molecule has 1 aromatic carbocycles. The van der Waals surface area contributed by atoms with Gasteiger partial charge in [-0.05, 0) is 37.0 Å². The minimum absolute atomic E-state index is 0.172. The Bertz CT molecular complexity index is 788. The second-order valence-corrected chi connectivity index (χ2v) is 6.34. The first-order valence-electron chi connectivity index (χ1n) is 7.87. The van der Waals surface area contributed by atoms with Gasteiger partial charge in [0.25, 0.3) is 0 Å². The first kappa shape index (κ1) is 17.2. The first-order valence-corrected chi connectivity index (χ1v) is 8.24. The zero-order chi connectivity index (χ0) is 17.8. The molecular weight excluding hydrogens is 348 g/mol. The number of carbonyl (C=O) groups excluding carboxylic acids is 1. The topological polar surface area (TPSA) is 106 Å². The van der Waals surface area contributed by atoms with E-state index in [0.29, 0.717) is 29.0 Å². The Morgan fingerprint density at radius 2 is 2.20 bits per heavy atom. The van der Waals surface area contributed by atoms with Crippen LogP contribution in [-0.4, -0.2) is 38.6 Å². The van der Waals surface area contributed by atoms with E-state index in [1.807, 2.05) is 0 Å². The average molecular weight is 365 g/mol. The molecule has 1 saturated carbocycles. The fraction of sp³-hybridized carbons (Fsp3) is 0.375. The Morgan fingerprint density at radius 1 is 1.40 bits per heavy atom. The van der Waals surface area contributed by atoms with Crippen LogP contribution >= 0.6 is 11.6 Å². The Balaban J connectivity index is 1.64. The number of carboxylic acid groups (broad SMARTS) is 1. The summed E-state index contributed by atoms with van der Waals surface area (Å²) in [4.78, 5) is 23.0. The van der Waals surface area contributed by atoms with Crippen LogP contribution in [0.1, 0.15) is 29.8 Å². The molecule has 1 fully saturated rings. The third-order valence-corrected chi connectivity index (χ3v) is 4.21. The monoisotopic (exact) mass is 364 g/mol. The molecule has 1 aliphatic rings. The van der Waals surface area contributed by atoms with Gasteiger partial charge < -0.3 is 15.2 Å². The number of amides is 1. The van der Waals surface area contributed by atoms with Gasteiger partial charge in [0, 0.05) is 5.02 Å². The minimum atomic E-state index is -1.20. The van der Waals surface area contributed by atoms with Crippen LogP contribution in [-0.2, 0) is 11.3 Å². The quantitative estimate of drug-likeness (QED) is 0.781. The van der Waals surface area contributed by atoms with Crippen LogP contribution < -0.4 is 10.1 Å². The maximum Gasteiger partial charge on any atom is 0.358 e. The van der Waals surface area contributed by atoms with E-state index in [9.17, 15) is 9.59 Å². The van der Waals surface area contributed by atoms with E-state index < -0.39 is 11.9 Å². The number of aromatic carboxylic acids is 1. The van der Waals surface area contributed by atoms with Crippen molar-refractivity contribution in [2.24, 2.45) is 5.92 Å². The lowest BCUT2D eigenvalue weighted by molar-refractivity contribution is -0.116. The molecule has 2 aromatic rings. The van der Waals surface area contributed by atoms with Gasteiger partial charge in [-0.2, -0.15) is 0 Å². The van der Waals surface area contributed by atoms with E-state index in [0.717, 1.165) is 17.5 Å². The molecule has 1 heterocycles. The highest BCUT2D eigenvalue weighted by atomic mass is 35.5. The number of carbonyl (C=O) groups is 2. The van der Waals surface area contributed by atoms with E-state index in [1.54, 1.807) is 18.2 Å². The van der Waals surface area contributed by atoms with Crippen molar-refractivity contribution in [2.75, 3.05) is 11.9 Å². The van der Waals surface area contributed by atoms with Crippen molar-refractivity contribution < 1.29 is 19.4 Å². The zero-order valence-corrected chi connectivity index (χ0v) is 14.1. The molecule has 1 amide bonds. The van der Waals surface area contributed by atoms with Gasteiger partial charge in [-0.25, -0.2) is 9.48 Å². The molecule has 0 bridgehead atoms. The first-order chi connectivity index (χ1) is 12.0. The second kappa shape index (κ2) is 7.52. The van der Waals surface area contributed by atoms with Gasteiger partial charge in [-0.15, -0.1) is 5.10 Å². The van der Waals surface area contributed by atoms with Gasteiger partial charge in [0.05, 0.1) is 18.5 Å². The summed E-state index contributed by atoms with van der Waals surface area (Å²) in [5.41, 5.74) is 0.246. The maximum absolute atomic E-state index is 12.2. The van der Waals surface area contributed by atoms with Gasteiger partial charge in [-0.1, -0.05) is 23.2 Å². The fourth-order valence-corrected chi connectivity index (χ4v) is 2.58. The van der Waals surface area contributed by atoms with Gasteiger partial charge in [0.2, 0.25) is 5.91 Å². The van der Waals surface area contributed by atoms with Crippen molar-refractivity contribution in [3.63, 3.8) is 0 Å². The number of anilines is 1. The Kier molecular flexibility index (Phi) is 5.18. The number of rotatable bonds is 7. The van der Waals surface area contributed by atoms with Gasteiger partial charge >= 0.3 is 5.97 Å². The lowest BCUT2D eigenvalue weighted by Crippen LogP contribution is -2.21. The number of hydrogen-bond donors (Lipinski definition) is 2. The molecule has 25 heavy (non-hydrogen) atoms. The van der Waals surface area contributed by atoms with E-state index in [4.69, 9.17) is 21.4 Å². The van der Waals surface area contributed by atoms with Crippen LogP contribution in [0.25, 0.3) is 0 Å². The summed E-state index contributed by atoms with van der Waals surface area (Å²) in [6.07, 6.45) is 4.74. The Morgan fingerprint density at radius 3 is 2.84 bits per heavy atom. The lowest BCUT2D eigenvalue weighted by Gasteiger charge is -2.25. The number of halogens is 1. The molecule has 3 rings (SSSR count). The minimum Gasteiger partial charge on any atom is -0.491 e. The maximum atomic E-state index is 12.2. The van der Waals surface area contributed by atoms with Crippen molar-refractivity contribution in [3.8, 4) is 5.75 Å². The molecule has 1 aromatic heterocycles. The van der Waals surface area contributed by atoms with Crippen molar-refractivity contribution in [1.29, 1.82) is 0 Å². The van der Waals surface area contributed by atoms with Crippen LogP contribution in [0.5, 0.6) is 5.75 Å².